The number of anilines is 1. The van der Waals surface area contributed by atoms with Crippen molar-refractivity contribution in [1.29, 1.82) is 0 Å². The Morgan fingerprint density at radius 1 is 0.969 bits per heavy atom. The van der Waals surface area contributed by atoms with Crippen LogP contribution in [0.15, 0.2) is 54.8 Å². The summed E-state index contributed by atoms with van der Waals surface area (Å²) in [4.78, 5) is 27.4. The van der Waals surface area contributed by atoms with Gasteiger partial charge in [0.15, 0.2) is 11.5 Å². The van der Waals surface area contributed by atoms with E-state index >= 15 is 0 Å². The van der Waals surface area contributed by atoms with Crippen LogP contribution in [0.25, 0.3) is 5.57 Å². The normalized spacial score (nSPS) is 13.3. The SMILES string of the molecule is C=CCN1C(=O)C(Nc2cc(OC)c(OC)c(OC)c2)=C(c2ccc(OCC)cc2)C1=O. The summed E-state index contributed by atoms with van der Waals surface area (Å²) in [5, 5.41) is 3.09. The molecule has 0 spiro atoms. The number of amides is 2. The minimum absolute atomic E-state index is 0.0959. The van der Waals surface area contributed by atoms with Crippen molar-refractivity contribution < 1.29 is 28.5 Å². The predicted octanol–water partition coefficient (Wildman–Crippen LogP) is 3.49. The molecule has 1 heterocycles. The highest BCUT2D eigenvalue weighted by atomic mass is 16.5. The number of carbonyl (C=O) groups excluding carboxylic acids is 2. The molecule has 1 aliphatic rings. The Hall–Kier alpha value is -3.94. The van der Waals surface area contributed by atoms with Crippen LogP contribution >= 0.6 is 0 Å². The minimum Gasteiger partial charge on any atom is -0.494 e. The number of nitrogens with zero attached hydrogens (tertiary/aromatic N) is 1. The molecule has 0 fully saturated rings. The van der Waals surface area contributed by atoms with Crippen LogP contribution in [0.1, 0.15) is 12.5 Å². The van der Waals surface area contributed by atoms with Gasteiger partial charge in [-0.15, -0.1) is 6.58 Å². The standard InChI is InChI=1S/C24H26N2O6/c1-6-12-26-23(27)20(15-8-10-17(11-9-15)32-7-2)21(24(26)28)25-16-13-18(29-3)22(31-5)19(14-16)30-4/h6,8-11,13-14,25H,1,7,12H2,2-5H3. The Bertz CT molecular complexity index is 1030. The second kappa shape index (κ2) is 9.91. The highest BCUT2D eigenvalue weighted by Crippen LogP contribution is 2.41. The molecule has 8 heteroatoms. The summed E-state index contributed by atoms with van der Waals surface area (Å²) in [5.74, 6) is 1.06. The van der Waals surface area contributed by atoms with E-state index in [9.17, 15) is 9.59 Å². The second-order valence-electron chi connectivity index (χ2n) is 6.76. The van der Waals surface area contributed by atoms with Gasteiger partial charge in [0.25, 0.3) is 11.8 Å². The first-order valence-corrected chi connectivity index (χ1v) is 10.0. The van der Waals surface area contributed by atoms with Crippen LogP contribution in [-0.2, 0) is 9.59 Å². The number of methoxy groups -OCH3 is 3. The molecular weight excluding hydrogens is 412 g/mol. The van der Waals surface area contributed by atoms with Crippen LogP contribution < -0.4 is 24.3 Å². The molecule has 0 saturated heterocycles. The highest BCUT2D eigenvalue weighted by Gasteiger charge is 2.38. The number of imide groups is 1. The quantitative estimate of drug-likeness (QED) is 0.449. The zero-order chi connectivity index (χ0) is 23.3. The summed E-state index contributed by atoms with van der Waals surface area (Å²) < 4.78 is 21.6. The third-order valence-corrected chi connectivity index (χ3v) is 4.87. The van der Waals surface area contributed by atoms with Gasteiger partial charge in [0.2, 0.25) is 5.75 Å². The molecule has 1 aliphatic heterocycles. The lowest BCUT2D eigenvalue weighted by Gasteiger charge is -2.16. The van der Waals surface area contributed by atoms with Crippen molar-refractivity contribution in [3.63, 3.8) is 0 Å². The zero-order valence-electron chi connectivity index (χ0n) is 18.6. The molecular formula is C24H26N2O6. The molecule has 2 amide bonds. The van der Waals surface area contributed by atoms with Crippen LogP contribution in [-0.4, -0.2) is 51.2 Å². The third-order valence-electron chi connectivity index (χ3n) is 4.87. The molecule has 0 aliphatic carbocycles. The number of rotatable bonds is 10. The van der Waals surface area contributed by atoms with Crippen molar-refractivity contribution in [2.24, 2.45) is 0 Å². The number of carbonyl (C=O) groups is 2. The fraction of sp³-hybridized carbons (Fsp3) is 0.250. The summed E-state index contributed by atoms with van der Waals surface area (Å²) >= 11 is 0. The predicted molar refractivity (Wildman–Crippen MR) is 121 cm³/mol. The fourth-order valence-electron chi connectivity index (χ4n) is 3.44. The van der Waals surface area contributed by atoms with Crippen molar-refractivity contribution in [2.45, 2.75) is 6.92 Å². The van der Waals surface area contributed by atoms with E-state index in [1.54, 1.807) is 36.4 Å². The Labute approximate surface area is 187 Å². The van der Waals surface area contributed by atoms with Crippen LogP contribution in [0.5, 0.6) is 23.0 Å². The Morgan fingerprint density at radius 2 is 1.59 bits per heavy atom. The summed E-state index contributed by atoms with van der Waals surface area (Å²) in [7, 11) is 4.51. The highest BCUT2D eigenvalue weighted by molar-refractivity contribution is 6.36. The molecule has 0 bridgehead atoms. The van der Waals surface area contributed by atoms with E-state index in [0.717, 1.165) is 4.90 Å². The number of hydrogen-bond acceptors (Lipinski definition) is 7. The van der Waals surface area contributed by atoms with Gasteiger partial charge in [-0.2, -0.15) is 0 Å². The number of nitrogens with one attached hydrogen (secondary N) is 1. The first-order valence-electron chi connectivity index (χ1n) is 10.0. The number of benzene rings is 2. The molecule has 8 nitrogen and oxygen atoms in total. The Balaban J connectivity index is 2.09. The smallest absolute Gasteiger partial charge is 0.278 e. The maximum atomic E-state index is 13.1. The lowest BCUT2D eigenvalue weighted by Crippen LogP contribution is -2.32. The molecule has 0 aromatic heterocycles. The monoisotopic (exact) mass is 438 g/mol. The molecule has 0 atom stereocenters. The molecule has 168 valence electrons. The van der Waals surface area contributed by atoms with Crippen molar-refractivity contribution in [2.75, 3.05) is 39.8 Å². The van der Waals surface area contributed by atoms with E-state index in [1.165, 1.54) is 27.4 Å². The molecule has 3 rings (SSSR count). The van der Waals surface area contributed by atoms with Gasteiger partial charge in [-0.3, -0.25) is 14.5 Å². The van der Waals surface area contributed by atoms with E-state index in [0.29, 0.717) is 40.9 Å². The molecule has 32 heavy (non-hydrogen) atoms. The lowest BCUT2D eigenvalue weighted by molar-refractivity contribution is -0.136. The van der Waals surface area contributed by atoms with E-state index in [-0.39, 0.29) is 17.8 Å². The summed E-state index contributed by atoms with van der Waals surface area (Å²) in [6, 6.07) is 10.4. The topological polar surface area (TPSA) is 86.3 Å². The van der Waals surface area contributed by atoms with Gasteiger partial charge in [-0.05, 0) is 24.6 Å². The van der Waals surface area contributed by atoms with Crippen molar-refractivity contribution in [3.05, 3.63) is 60.3 Å². The largest absolute Gasteiger partial charge is 0.494 e. The van der Waals surface area contributed by atoms with Crippen LogP contribution in [0.4, 0.5) is 5.69 Å². The van der Waals surface area contributed by atoms with Crippen LogP contribution in [0.3, 0.4) is 0 Å². The Morgan fingerprint density at radius 3 is 2.09 bits per heavy atom. The number of ether oxygens (including phenoxy) is 4. The van der Waals surface area contributed by atoms with Gasteiger partial charge in [0.1, 0.15) is 11.4 Å². The summed E-state index contributed by atoms with van der Waals surface area (Å²) in [5.41, 5.74) is 1.50. The molecule has 2 aromatic rings. The summed E-state index contributed by atoms with van der Waals surface area (Å²) in [6.45, 7) is 6.16. The zero-order valence-corrected chi connectivity index (χ0v) is 18.6. The second-order valence-corrected chi connectivity index (χ2v) is 6.76. The number of hydrogen-bond donors (Lipinski definition) is 1. The average molecular weight is 438 g/mol. The third kappa shape index (κ3) is 4.25. The van der Waals surface area contributed by atoms with Crippen LogP contribution in [0.2, 0.25) is 0 Å². The fourth-order valence-corrected chi connectivity index (χ4v) is 3.44. The van der Waals surface area contributed by atoms with Gasteiger partial charge >= 0.3 is 0 Å². The average Bonchev–Trinajstić information content (AvgIpc) is 3.03. The van der Waals surface area contributed by atoms with Gasteiger partial charge in [-0.1, -0.05) is 18.2 Å². The van der Waals surface area contributed by atoms with E-state index in [1.807, 2.05) is 6.92 Å². The maximum Gasteiger partial charge on any atom is 0.278 e. The molecule has 2 aromatic carbocycles. The van der Waals surface area contributed by atoms with Gasteiger partial charge in [0, 0.05) is 24.4 Å². The van der Waals surface area contributed by atoms with Crippen molar-refractivity contribution in [3.8, 4) is 23.0 Å². The lowest BCUT2D eigenvalue weighted by atomic mass is 10.0. The van der Waals surface area contributed by atoms with Gasteiger partial charge in [-0.25, -0.2) is 0 Å². The first kappa shape index (κ1) is 22.7. The van der Waals surface area contributed by atoms with Crippen LogP contribution in [0, 0.1) is 0 Å². The molecule has 0 radical (unpaired) electrons. The molecule has 1 N–H and O–H groups in total. The maximum absolute atomic E-state index is 13.1. The first-order chi connectivity index (χ1) is 15.5. The van der Waals surface area contributed by atoms with E-state index in [4.69, 9.17) is 18.9 Å². The molecule has 0 unspecified atom stereocenters. The minimum atomic E-state index is -0.451. The van der Waals surface area contributed by atoms with E-state index in [2.05, 4.69) is 11.9 Å². The van der Waals surface area contributed by atoms with Crippen molar-refractivity contribution in [1.82, 2.24) is 4.90 Å². The van der Waals surface area contributed by atoms with Gasteiger partial charge in [0.05, 0.1) is 33.5 Å². The van der Waals surface area contributed by atoms with E-state index < -0.39 is 11.8 Å². The van der Waals surface area contributed by atoms with Crippen molar-refractivity contribution >= 4 is 23.1 Å². The Kier molecular flexibility index (Phi) is 7.04. The van der Waals surface area contributed by atoms with Gasteiger partial charge < -0.3 is 24.3 Å². The summed E-state index contributed by atoms with van der Waals surface area (Å²) in [6.07, 6.45) is 1.51. The molecule has 0 saturated carbocycles.